The summed E-state index contributed by atoms with van der Waals surface area (Å²) in [6, 6.07) is -0.415. The molecule has 0 spiro atoms. The Hall–Kier alpha value is -0.660. The van der Waals surface area contributed by atoms with Crippen LogP contribution in [0.2, 0.25) is 0 Å². The Morgan fingerprint density at radius 2 is 2.38 bits per heavy atom. The third-order valence-corrected chi connectivity index (χ3v) is 2.61. The number of esters is 1. The van der Waals surface area contributed by atoms with Gasteiger partial charge in [0.25, 0.3) is 10.1 Å². The summed E-state index contributed by atoms with van der Waals surface area (Å²) in [7, 11) is -3.59. The van der Waals surface area contributed by atoms with Crippen LogP contribution in [0, 0.1) is 0 Å². The van der Waals surface area contributed by atoms with E-state index in [0.717, 1.165) is 6.26 Å². The molecule has 0 radical (unpaired) electrons. The lowest BCUT2D eigenvalue weighted by Gasteiger charge is -2.24. The summed E-state index contributed by atoms with van der Waals surface area (Å²) in [6.07, 6.45) is 1.19. The van der Waals surface area contributed by atoms with E-state index in [0.29, 0.717) is 0 Å². The monoisotopic (exact) mass is 207 g/mol. The highest BCUT2D eigenvalue weighted by molar-refractivity contribution is 7.86. The molecule has 6 nitrogen and oxygen atoms in total. The lowest BCUT2D eigenvalue weighted by Crippen LogP contribution is -2.44. The second-order valence-electron chi connectivity index (χ2n) is 3.26. The van der Waals surface area contributed by atoms with Crippen LogP contribution in [0.25, 0.3) is 0 Å². The molecule has 0 saturated carbocycles. The zero-order chi connectivity index (χ0) is 9.69. The smallest absolute Gasteiger partial charge is 0.325 e. The first kappa shape index (κ1) is 8.92. The van der Waals surface area contributed by atoms with E-state index < -0.39 is 27.9 Å². The highest BCUT2D eigenvalue weighted by atomic mass is 32.2. The second kappa shape index (κ2) is 2.43. The van der Waals surface area contributed by atoms with E-state index in [-0.39, 0.29) is 13.0 Å². The molecule has 2 aliphatic rings. The van der Waals surface area contributed by atoms with Crippen LogP contribution in [0.3, 0.4) is 0 Å². The fourth-order valence-corrected chi connectivity index (χ4v) is 2.30. The van der Waals surface area contributed by atoms with E-state index in [1.165, 1.54) is 0 Å². The van der Waals surface area contributed by atoms with E-state index >= 15 is 0 Å². The maximum Gasteiger partial charge on any atom is 0.325 e. The zero-order valence-corrected chi connectivity index (χ0v) is 7.76. The molecule has 2 atom stereocenters. The molecule has 7 heteroatoms. The zero-order valence-electron chi connectivity index (χ0n) is 6.94. The van der Waals surface area contributed by atoms with Crippen LogP contribution in [-0.4, -0.2) is 39.0 Å². The number of hydrogen-bond acceptors (Lipinski definition) is 6. The van der Waals surface area contributed by atoms with Crippen LogP contribution in [0.4, 0.5) is 0 Å². The molecule has 74 valence electrons. The summed E-state index contributed by atoms with van der Waals surface area (Å²) < 4.78 is 31.2. The van der Waals surface area contributed by atoms with E-state index in [4.69, 9.17) is 8.92 Å². The van der Waals surface area contributed by atoms with Gasteiger partial charge in [0, 0.05) is 6.42 Å². The van der Waals surface area contributed by atoms with Gasteiger partial charge in [-0.25, -0.2) is 4.18 Å². The van der Waals surface area contributed by atoms with Crippen LogP contribution in [-0.2, 0) is 23.8 Å². The minimum atomic E-state index is -3.59. The number of carbonyl (C=O) groups is 1. The first-order valence-corrected chi connectivity index (χ1v) is 5.59. The number of carbonyl (C=O) groups excluding carboxylic acids is 1. The largest absolute Gasteiger partial charge is 0.429 e. The Labute approximate surface area is 75.3 Å². The summed E-state index contributed by atoms with van der Waals surface area (Å²) in [5.74, 6) is -1.73. The average Bonchev–Trinajstić information content (AvgIpc) is 2.38. The lowest BCUT2D eigenvalue weighted by molar-refractivity contribution is -0.179. The van der Waals surface area contributed by atoms with Crippen LogP contribution >= 0.6 is 0 Å². The van der Waals surface area contributed by atoms with E-state index in [1.807, 2.05) is 0 Å². The van der Waals surface area contributed by atoms with Crippen LogP contribution in [0.15, 0.2) is 0 Å². The Kier molecular flexibility index (Phi) is 1.67. The Morgan fingerprint density at radius 1 is 1.69 bits per heavy atom. The molecule has 0 aromatic carbocycles. The minimum Gasteiger partial charge on any atom is -0.429 e. The van der Waals surface area contributed by atoms with E-state index in [9.17, 15) is 13.2 Å². The van der Waals surface area contributed by atoms with Gasteiger partial charge in [-0.2, -0.15) is 8.42 Å². The number of ether oxygens (including phenoxy) is 1. The summed E-state index contributed by atoms with van der Waals surface area (Å²) >= 11 is 0. The molecule has 1 N–H and O–H groups in total. The predicted molar refractivity (Wildman–Crippen MR) is 41.2 cm³/mol. The van der Waals surface area contributed by atoms with Gasteiger partial charge in [-0.05, 0) is 0 Å². The molecule has 0 aromatic rings. The fourth-order valence-electron chi connectivity index (χ4n) is 1.59. The highest BCUT2D eigenvalue weighted by Gasteiger charge is 2.55. The van der Waals surface area contributed by atoms with Crippen molar-refractivity contribution in [1.29, 1.82) is 0 Å². The van der Waals surface area contributed by atoms with Gasteiger partial charge in [-0.1, -0.05) is 0 Å². The van der Waals surface area contributed by atoms with Gasteiger partial charge < -0.3 is 4.74 Å². The number of nitrogens with one attached hydrogen (secondary N) is 1. The van der Waals surface area contributed by atoms with Crippen LogP contribution in [0.5, 0.6) is 0 Å². The summed E-state index contributed by atoms with van der Waals surface area (Å²) in [6.45, 7) is 0.233. The van der Waals surface area contributed by atoms with Crippen molar-refractivity contribution in [1.82, 2.24) is 5.32 Å². The molecule has 13 heavy (non-hydrogen) atoms. The summed E-state index contributed by atoms with van der Waals surface area (Å²) in [4.78, 5) is 11.0. The number of rotatable bonds is 2. The third-order valence-electron chi connectivity index (χ3n) is 2.01. The molecule has 2 aliphatic heterocycles. The molecule has 2 rings (SSSR count). The molecule has 2 bridgehead atoms. The van der Waals surface area contributed by atoms with Gasteiger partial charge in [0.2, 0.25) is 5.79 Å². The quantitative estimate of drug-likeness (QED) is 0.442. The minimum absolute atomic E-state index is 0.233. The van der Waals surface area contributed by atoms with Gasteiger partial charge in [0.1, 0.15) is 6.04 Å². The Morgan fingerprint density at radius 3 is 2.77 bits per heavy atom. The Balaban J connectivity index is 2.19. The van der Waals surface area contributed by atoms with E-state index in [2.05, 4.69) is 5.32 Å². The van der Waals surface area contributed by atoms with Crippen molar-refractivity contribution in [3.8, 4) is 0 Å². The second-order valence-corrected chi connectivity index (χ2v) is 4.83. The summed E-state index contributed by atoms with van der Waals surface area (Å²) in [5, 5.41) is 2.81. The van der Waals surface area contributed by atoms with Gasteiger partial charge in [-0.3, -0.25) is 10.1 Å². The first-order valence-electron chi connectivity index (χ1n) is 3.77. The average molecular weight is 207 g/mol. The molecule has 2 heterocycles. The van der Waals surface area contributed by atoms with Gasteiger partial charge >= 0.3 is 5.97 Å². The third kappa shape index (κ3) is 1.54. The molecule has 0 aromatic heterocycles. The van der Waals surface area contributed by atoms with Crippen molar-refractivity contribution in [2.24, 2.45) is 0 Å². The standard InChI is InChI=1S/C6H9NO5S/c1-13(9,10)12-6-2-4(7-3-6)5(8)11-6/h4,7H,2-3H2,1H3/t4-,6-/m0/s1. The fraction of sp³-hybridized carbons (Fsp3) is 0.833. The molecule has 0 amide bonds. The van der Waals surface area contributed by atoms with Crippen molar-refractivity contribution in [3.05, 3.63) is 0 Å². The molecule has 2 saturated heterocycles. The molecular formula is C6H9NO5S. The number of morpholine rings is 1. The van der Waals surface area contributed by atoms with Crippen molar-refractivity contribution in [3.63, 3.8) is 0 Å². The van der Waals surface area contributed by atoms with Crippen molar-refractivity contribution in [2.45, 2.75) is 18.2 Å². The number of hydrogen-bond donors (Lipinski definition) is 1. The van der Waals surface area contributed by atoms with Crippen LogP contribution < -0.4 is 5.32 Å². The maximum absolute atomic E-state index is 11.0. The van der Waals surface area contributed by atoms with Crippen LogP contribution in [0.1, 0.15) is 6.42 Å². The predicted octanol–water partition coefficient (Wildman–Crippen LogP) is -1.42. The molecular weight excluding hydrogens is 198 g/mol. The lowest BCUT2D eigenvalue weighted by atomic mass is 10.2. The van der Waals surface area contributed by atoms with E-state index in [1.54, 1.807) is 0 Å². The van der Waals surface area contributed by atoms with Crippen molar-refractivity contribution >= 4 is 16.1 Å². The first-order chi connectivity index (χ1) is 5.90. The van der Waals surface area contributed by atoms with Gasteiger partial charge in [0.05, 0.1) is 12.8 Å². The highest BCUT2D eigenvalue weighted by Crippen LogP contribution is 2.34. The normalized spacial score (nSPS) is 37.9. The van der Waals surface area contributed by atoms with Crippen molar-refractivity contribution in [2.75, 3.05) is 12.8 Å². The maximum atomic E-state index is 11.0. The Bertz CT molecular complexity index is 350. The summed E-state index contributed by atoms with van der Waals surface area (Å²) in [5.41, 5.74) is 0. The topological polar surface area (TPSA) is 81.7 Å². The molecule has 2 fully saturated rings. The number of fused-ring (bicyclic) bond motifs is 2. The van der Waals surface area contributed by atoms with Crippen molar-refractivity contribution < 1.29 is 22.1 Å². The molecule has 0 aliphatic carbocycles. The van der Waals surface area contributed by atoms with Gasteiger partial charge in [0.15, 0.2) is 0 Å². The molecule has 0 unspecified atom stereocenters. The van der Waals surface area contributed by atoms with Gasteiger partial charge in [-0.15, -0.1) is 0 Å². The SMILES string of the molecule is CS(=O)(=O)O[C@]12CN[C@@H](C1)C(=O)O2.